The average Bonchev–Trinajstić information content (AvgIpc) is 2.28. The van der Waals surface area contributed by atoms with Crippen LogP contribution in [0.5, 0.6) is 5.75 Å². The third-order valence-corrected chi connectivity index (χ3v) is 2.19. The second-order valence-corrected chi connectivity index (χ2v) is 3.31. The van der Waals surface area contributed by atoms with Gasteiger partial charge in [0.1, 0.15) is 11.3 Å². The van der Waals surface area contributed by atoms with Gasteiger partial charge in [0, 0.05) is 11.5 Å². The van der Waals surface area contributed by atoms with Crippen molar-refractivity contribution in [3.05, 3.63) is 44.8 Å². The molecule has 0 fully saturated rings. The Morgan fingerprint density at radius 3 is 2.82 bits per heavy atom. The van der Waals surface area contributed by atoms with Gasteiger partial charge in [-0.3, -0.25) is 10.1 Å². The molecule has 1 aromatic heterocycles. The van der Waals surface area contributed by atoms with E-state index in [-0.39, 0.29) is 0 Å². The van der Waals surface area contributed by atoms with E-state index in [0.29, 0.717) is 23.3 Å². The number of fused-ring (bicyclic) bond motifs is 1. The summed E-state index contributed by atoms with van der Waals surface area (Å²) in [5.74, 6) is 0.572. The normalized spacial score (nSPS) is 10.4. The number of hydrogen-bond donors (Lipinski definition) is 0. The standard InChI is InChI=1S/C11H9NO5/c1-2-16-8-3-4-10-7(5-8)6-9(12(14)15)11(13)17-10/h3-6H,2H2,1H3. The van der Waals surface area contributed by atoms with Crippen molar-refractivity contribution >= 4 is 16.7 Å². The summed E-state index contributed by atoms with van der Waals surface area (Å²) in [6.45, 7) is 2.32. The van der Waals surface area contributed by atoms with Crippen molar-refractivity contribution in [3.63, 3.8) is 0 Å². The maximum atomic E-state index is 11.2. The van der Waals surface area contributed by atoms with Gasteiger partial charge in [-0.1, -0.05) is 0 Å². The van der Waals surface area contributed by atoms with Crippen LogP contribution in [0.3, 0.4) is 0 Å². The largest absolute Gasteiger partial charge is 0.494 e. The van der Waals surface area contributed by atoms with Crippen LogP contribution in [-0.2, 0) is 0 Å². The Labute approximate surface area is 95.6 Å². The Kier molecular flexibility index (Phi) is 2.78. The smallest absolute Gasteiger partial charge is 0.415 e. The predicted octanol–water partition coefficient (Wildman–Crippen LogP) is 2.10. The summed E-state index contributed by atoms with van der Waals surface area (Å²) in [6, 6.07) is 5.96. The minimum atomic E-state index is -0.952. The van der Waals surface area contributed by atoms with Crippen molar-refractivity contribution in [1.29, 1.82) is 0 Å². The molecule has 6 heteroatoms. The molecule has 1 aromatic carbocycles. The molecule has 2 aromatic rings. The number of nitrogens with zero attached hydrogens (tertiary/aromatic N) is 1. The Hall–Kier alpha value is -2.37. The number of hydrogen-bond acceptors (Lipinski definition) is 5. The molecule has 0 aliphatic heterocycles. The Balaban J connectivity index is 2.64. The quantitative estimate of drug-likeness (QED) is 0.462. The summed E-state index contributed by atoms with van der Waals surface area (Å²) in [7, 11) is 0. The van der Waals surface area contributed by atoms with Crippen molar-refractivity contribution in [2.24, 2.45) is 0 Å². The van der Waals surface area contributed by atoms with Crippen LogP contribution in [0.1, 0.15) is 6.92 Å². The molecular formula is C11H9NO5. The van der Waals surface area contributed by atoms with Crippen LogP contribution in [0.15, 0.2) is 33.5 Å². The third kappa shape index (κ3) is 2.10. The van der Waals surface area contributed by atoms with E-state index in [4.69, 9.17) is 9.15 Å². The van der Waals surface area contributed by atoms with Crippen LogP contribution in [0.4, 0.5) is 5.69 Å². The molecule has 0 radical (unpaired) electrons. The SMILES string of the molecule is CCOc1ccc2oc(=O)c([N+](=O)[O-])cc2c1. The number of ether oxygens (including phenoxy) is 1. The van der Waals surface area contributed by atoms with E-state index in [9.17, 15) is 14.9 Å². The zero-order chi connectivity index (χ0) is 12.4. The van der Waals surface area contributed by atoms with E-state index in [0.717, 1.165) is 0 Å². The van der Waals surface area contributed by atoms with Gasteiger partial charge in [0.05, 0.1) is 11.5 Å². The first kappa shape index (κ1) is 11.1. The topological polar surface area (TPSA) is 82.6 Å². The molecule has 0 unspecified atom stereocenters. The Morgan fingerprint density at radius 1 is 1.41 bits per heavy atom. The van der Waals surface area contributed by atoms with E-state index >= 15 is 0 Å². The molecule has 6 nitrogen and oxygen atoms in total. The summed E-state index contributed by atoms with van der Waals surface area (Å²) in [6.07, 6.45) is 0. The van der Waals surface area contributed by atoms with Crippen LogP contribution >= 0.6 is 0 Å². The first-order chi connectivity index (χ1) is 8.11. The number of rotatable bonds is 3. The lowest BCUT2D eigenvalue weighted by atomic mass is 10.2. The van der Waals surface area contributed by atoms with E-state index < -0.39 is 16.2 Å². The molecule has 0 amide bonds. The van der Waals surface area contributed by atoms with Gasteiger partial charge >= 0.3 is 11.3 Å². The molecule has 0 N–H and O–H groups in total. The second kappa shape index (κ2) is 4.25. The second-order valence-electron chi connectivity index (χ2n) is 3.31. The monoisotopic (exact) mass is 235 g/mol. The molecule has 0 aliphatic rings. The van der Waals surface area contributed by atoms with Gasteiger partial charge in [-0.25, -0.2) is 4.79 Å². The van der Waals surface area contributed by atoms with Crippen molar-refractivity contribution < 1.29 is 14.1 Å². The highest BCUT2D eigenvalue weighted by Crippen LogP contribution is 2.22. The maximum absolute atomic E-state index is 11.2. The lowest BCUT2D eigenvalue weighted by Gasteiger charge is -2.03. The van der Waals surface area contributed by atoms with Crippen molar-refractivity contribution in [3.8, 4) is 5.75 Å². The molecule has 1 heterocycles. The molecule has 0 spiro atoms. The van der Waals surface area contributed by atoms with Gasteiger partial charge in [0.25, 0.3) is 0 Å². The van der Waals surface area contributed by atoms with E-state index in [1.165, 1.54) is 6.07 Å². The summed E-state index contributed by atoms with van der Waals surface area (Å²) in [5.41, 5.74) is -1.23. The van der Waals surface area contributed by atoms with Crippen molar-refractivity contribution in [2.75, 3.05) is 6.61 Å². The van der Waals surface area contributed by atoms with Gasteiger partial charge in [-0.2, -0.15) is 0 Å². The summed E-state index contributed by atoms with van der Waals surface area (Å²) in [5, 5.41) is 11.1. The highest BCUT2D eigenvalue weighted by Gasteiger charge is 2.15. The molecular weight excluding hydrogens is 226 g/mol. The van der Waals surface area contributed by atoms with E-state index in [1.807, 2.05) is 6.92 Å². The molecule has 2 rings (SSSR count). The Morgan fingerprint density at radius 2 is 2.18 bits per heavy atom. The van der Waals surface area contributed by atoms with Gasteiger partial charge in [0.15, 0.2) is 0 Å². The number of nitro groups is 1. The molecule has 0 aliphatic carbocycles. The van der Waals surface area contributed by atoms with Crippen LogP contribution < -0.4 is 10.4 Å². The first-order valence-electron chi connectivity index (χ1n) is 4.97. The summed E-state index contributed by atoms with van der Waals surface area (Å²) >= 11 is 0. The Bertz CT molecular complexity index is 631. The first-order valence-corrected chi connectivity index (χ1v) is 4.97. The van der Waals surface area contributed by atoms with Gasteiger partial charge in [0.2, 0.25) is 0 Å². The predicted molar refractivity (Wildman–Crippen MR) is 60.3 cm³/mol. The lowest BCUT2D eigenvalue weighted by Crippen LogP contribution is -2.06. The molecule has 0 saturated heterocycles. The van der Waals surface area contributed by atoms with Crippen LogP contribution in [0.25, 0.3) is 11.0 Å². The highest BCUT2D eigenvalue weighted by atomic mass is 16.6. The summed E-state index contributed by atoms with van der Waals surface area (Å²) < 4.78 is 10.1. The minimum absolute atomic E-state index is 0.295. The molecule has 0 bridgehead atoms. The van der Waals surface area contributed by atoms with Crippen LogP contribution in [0.2, 0.25) is 0 Å². The molecule has 0 atom stereocenters. The minimum Gasteiger partial charge on any atom is -0.494 e. The zero-order valence-electron chi connectivity index (χ0n) is 9.00. The van der Waals surface area contributed by atoms with Crippen molar-refractivity contribution in [1.82, 2.24) is 0 Å². The van der Waals surface area contributed by atoms with Crippen LogP contribution in [-0.4, -0.2) is 11.5 Å². The van der Waals surface area contributed by atoms with E-state index in [2.05, 4.69) is 0 Å². The maximum Gasteiger partial charge on any atom is 0.415 e. The lowest BCUT2D eigenvalue weighted by molar-refractivity contribution is -0.387. The van der Waals surface area contributed by atoms with Crippen LogP contribution in [0, 0.1) is 10.1 Å². The average molecular weight is 235 g/mol. The zero-order valence-corrected chi connectivity index (χ0v) is 9.00. The number of benzene rings is 1. The van der Waals surface area contributed by atoms with Gasteiger partial charge in [-0.15, -0.1) is 0 Å². The molecule has 17 heavy (non-hydrogen) atoms. The fourth-order valence-corrected chi connectivity index (χ4v) is 1.47. The highest BCUT2D eigenvalue weighted by molar-refractivity contribution is 5.79. The van der Waals surface area contributed by atoms with Gasteiger partial charge in [-0.05, 0) is 25.1 Å². The summed E-state index contributed by atoms with van der Waals surface area (Å²) in [4.78, 5) is 21.1. The van der Waals surface area contributed by atoms with E-state index in [1.54, 1.807) is 18.2 Å². The van der Waals surface area contributed by atoms with Gasteiger partial charge < -0.3 is 9.15 Å². The third-order valence-electron chi connectivity index (χ3n) is 2.19. The fourth-order valence-electron chi connectivity index (χ4n) is 1.47. The van der Waals surface area contributed by atoms with Crippen molar-refractivity contribution in [2.45, 2.75) is 6.92 Å². The fraction of sp³-hybridized carbons (Fsp3) is 0.182. The molecule has 0 saturated carbocycles. The molecule has 88 valence electrons.